The standard InChI is InChI=1S/C14H9F3N2S/c1-9-2-4-12(20-9)6-10(7-18)13-5-3-11(8-19-13)14(15,16)17/h2-6,8H,1H3. The molecule has 0 fully saturated rings. The van der Waals surface area contributed by atoms with Crippen LogP contribution in [0.1, 0.15) is 21.0 Å². The fourth-order valence-corrected chi connectivity index (χ4v) is 2.38. The zero-order valence-electron chi connectivity index (χ0n) is 10.4. The summed E-state index contributed by atoms with van der Waals surface area (Å²) in [5, 5.41) is 9.10. The number of halogens is 3. The summed E-state index contributed by atoms with van der Waals surface area (Å²) in [7, 11) is 0. The lowest BCUT2D eigenvalue weighted by molar-refractivity contribution is -0.137. The van der Waals surface area contributed by atoms with E-state index >= 15 is 0 Å². The molecule has 2 rings (SSSR count). The number of rotatable bonds is 2. The Morgan fingerprint density at radius 2 is 2.05 bits per heavy atom. The molecular weight excluding hydrogens is 285 g/mol. The maximum Gasteiger partial charge on any atom is 0.417 e. The van der Waals surface area contributed by atoms with Crippen molar-refractivity contribution in [3.63, 3.8) is 0 Å². The maximum absolute atomic E-state index is 12.4. The first kappa shape index (κ1) is 14.3. The van der Waals surface area contributed by atoms with E-state index in [1.807, 2.05) is 25.1 Å². The highest BCUT2D eigenvalue weighted by Crippen LogP contribution is 2.29. The molecule has 0 aliphatic carbocycles. The second kappa shape index (κ2) is 5.47. The maximum atomic E-state index is 12.4. The third kappa shape index (κ3) is 3.25. The van der Waals surface area contributed by atoms with Crippen LogP contribution in [-0.4, -0.2) is 4.98 Å². The first-order valence-electron chi connectivity index (χ1n) is 5.62. The molecule has 0 aromatic carbocycles. The van der Waals surface area contributed by atoms with Crippen LogP contribution in [0.4, 0.5) is 13.2 Å². The van der Waals surface area contributed by atoms with Crippen LogP contribution in [-0.2, 0) is 6.18 Å². The normalized spacial score (nSPS) is 12.2. The largest absolute Gasteiger partial charge is 0.417 e. The quantitative estimate of drug-likeness (QED) is 0.763. The summed E-state index contributed by atoms with van der Waals surface area (Å²) in [6, 6.07) is 7.85. The molecule has 2 nitrogen and oxygen atoms in total. The molecule has 0 atom stereocenters. The van der Waals surface area contributed by atoms with Crippen LogP contribution in [0, 0.1) is 18.3 Å². The topological polar surface area (TPSA) is 36.7 Å². The molecule has 0 aliphatic rings. The van der Waals surface area contributed by atoms with E-state index in [4.69, 9.17) is 5.26 Å². The van der Waals surface area contributed by atoms with Gasteiger partial charge in [0.05, 0.1) is 16.8 Å². The fraction of sp³-hybridized carbons (Fsp3) is 0.143. The van der Waals surface area contributed by atoms with Gasteiger partial charge in [0.2, 0.25) is 0 Å². The molecule has 6 heteroatoms. The van der Waals surface area contributed by atoms with E-state index in [-0.39, 0.29) is 11.3 Å². The van der Waals surface area contributed by atoms with Crippen LogP contribution in [0.25, 0.3) is 11.6 Å². The Morgan fingerprint density at radius 3 is 2.50 bits per heavy atom. The minimum absolute atomic E-state index is 0.228. The minimum atomic E-state index is -4.42. The molecule has 2 aromatic rings. The van der Waals surface area contributed by atoms with Gasteiger partial charge in [0.1, 0.15) is 6.07 Å². The molecule has 0 saturated heterocycles. The molecule has 0 amide bonds. The lowest BCUT2D eigenvalue weighted by Crippen LogP contribution is -2.05. The Balaban J connectivity index is 2.34. The zero-order valence-corrected chi connectivity index (χ0v) is 11.2. The Morgan fingerprint density at radius 1 is 1.30 bits per heavy atom. The van der Waals surface area contributed by atoms with E-state index < -0.39 is 11.7 Å². The Kier molecular flexibility index (Phi) is 3.91. The number of aryl methyl sites for hydroxylation is 1. The predicted octanol–water partition coefficient (Wildman–Crippen LogP) is 4.53. The average Bonchev–Trinajstić information content (AvgIpc) is 2.81. The van der Waals surface area contributed by atoms with Crippen molar-refractivity contribution in [3.05, 3.63) is 51.5 Å². The third-order valence-electron chi connectivity index (χ3n) is 2.53. The van der Waals surface area contributed by atoms with Crippen molar-refractivity contribution < 1.29 is 13.2 Å². The molecule has 20 heavy (non-hydrogen) atoms. The lowest BCUT2D eigenvalue weighted by atomic mass is 10.1. The first-order chi connectivity index (χ1) is 9.40. The van der Waals surface area contributed by atoms with Gasteiger partial charge in [-0.15, -0.1) is 11.3 Å². The van der Waals surface area contributed by atoms with Gasteiger partial charge in [-0.2, -0.15) is 18.4 Å². The van der Waals surface area contributed by atoms with Crippen LogP contribution < -0.4 is 0 Å². The Labute approximate surface area is 117 Å². The van der Waals surface area contributed by atoms with E-state index in [2.05, 4.69) is 4.98 Å². The summed E-state index contributed by atoms with van der Waals surface area (Å²) in [6.07, 6.45) is -2.07. The summed E-state index contributed by atoms with van der Waals surface area (Å²) in [5.41, 5.74) is -0.363. The van der Waals surface area contributed by atoms with E-state index in [1.54, 1.807) is 6.08 Å². The molecule has 0 N–H and O–H groups in total. The van der Waals surface area contributed by atoms with Crippen LogP contribution in [0.5, 0.6) is 0 Å². The number of hydrogen-bond donors (Lipinski definition) is 0. The number of hydrogen-bond acceptors (Lipinski definition) is 3. The number of nitriles is 1. The molecule has 0 radical (unpaired) electrons. The smallest absolute Gasteiger partial charge is 0.255 e. The van der Waals surface area contributed by atoms with Crippen LogP contribution in [0.3, 0.4) is 0 Å². The molecular formula is C14H9F3N2S. The summed E-state index contributed by atoms with van der Waals surface area (Å²) in [5.74, 6) is 0. The van der Waals surface area contributed by atoms with Crippen molar-refractivity contribution in [2.24, 2.45) is 0 Å². The Hall–Kier alpha value is -2.13. The summed E-state index contributed by atoms with van der Waals surface area (Å²) < 4.78 is 37.3. The van der Waals surface area contributed by atoms with Crippen molar-refractivity contribution in [1.82, 2.24) is 4.98 Å². The van der Waals surface area contributed by atoms with Gasteiger partial charge in [0.25, 0.3) is 0 Å². The highest BCUT2D eigenvalue weighted by Gasteiger charge is 2.30. The summed E-state index contributed by atoms with van der Waals surface area (Å²) in [6.45, 7) is 1.93. The molecule has 0 spiro atoms. The molecule has 0 aliphatic heterocycles. The van der Waals surface area contributed by atoms with E-state index in [9.17, 15) is 13.2 Å². The molecule has 0 unspecified atom stereocenters. The van der Waals surface area contributed by atoms with Crippen LogP contribution in [0.15, 0.2) is 30.5 Å². The number of pyridine rings is 1. The predicted molar refractivity (Wildman–Crippen MR) is 71.8 cm³/mol. The molecule has 0 saturated carbocycles. The Bertz CT molecular complexity index is 676. The van der Waals surface area contributed by atoms with Gasteiger partial charge in [0, 0.05) is 16.0 Å². The van der Waals surface area contributed by atoms with Crippen molar-refractivity contribution in [2.45, 2.75) is 13.1 Å². The number of aromatic nitrogens is 1. The number of nitrogens with zero attached hydrogens (tertiary/aromatic N) is 2. The molecule has 0 bridgehead atoms. The fourth-order valence-electron chi connectivity index (χ4n) is 1.56. The summed E-state index contributed by atoms with van der Waals surface area (Å²) in [4.78, 5) is 5.67. The van der Waals surface area contributed by atoms with Gasteiger partial charge in [-0.1, -0.05) is 0 Å². The van der Waals surface area contributed by atoms with Crippen molar-refractivity contribution in [3.8, 4) is 6.07 Å². The van der Waals surface area contributed by atoms with Crippen LogP contribution >= 0.6 is 11.3 Å². The van der Waals surface area contributed by atoms with E-state index in [0.717, 1.165) is 22.0 Å². The van der Waals surface area contributed by atoms with E-state index in [0.29, 0.717) is 0 Å². The molecule has 2 aromatic heterocycles. The van der Waals surface area contributed by atoms with E-state index in [1.165, 1.54) is 17.4 Å². The van der Waals surface area contributed by atoms with Gasteiger partial charge in [-0.25, -0.2) is 0 Å². The van der Waals surface area contributed by atoms with Gasteiger partial charge in [-0.3, -0.25) is 4.98 Å². The van der Waals surface area contributed by atoms with Gasteiger partial charge < -0.3 is 0 Å². The van der Waals surface area contributed by atoms with Crippen molar-refractivity contribution >= 4 is 23.0 Å². The number of thiophene rings is 1. The average molecular weight is 294 g/mol. The second-order valence-electron chi connectivity index (χ2n) is 4.05. The van der Waals surface area contributed by atoms with Crippen molar-refractivity contribution in [2.75, 3.05) is 0 Å². The molecule has 102 valence electrons. The zero-order chi connectivity index (χ0) is 14.8. The van der Waals surface area contributed by atoms with Gasteiger partial charge in [-0.05, 0) is 37.3 Å². The second-order valence-corrected chi connectivity index (χ2v) is 5.37. The summed E-state index contributed by atoms with van der Waals surface area (Å²) >= 11 is 1.50. The highest BCUT2D eigenvalue weighted by atomic mass is 32.1. The minimum Gasteiger partial charge on any atom is -0.255 e. The van der Waals surface area contributed by atoms with Crippen molar-refractivity contribution in [1.29, 1.82) is 5.26 Å². The first-order valence-corrected chi connectivity index (χ1v) is 6.43. The van der Waals surface area contributed by atoms with Gasteiger partial charge in [0.15, 0.2) is 0 Å². The lowest BCUT2D eigenvalue weighted by Gasteiger charge is -2.06. The number of allylic oxidation sites excluding steroid dienone is 1. The highest BCUT2D eigenvalue weighted by molar-refractivity contribution is 7.12. The number of alkyl halides is 3. The van der Waals surface area contributed by atoms with Crippen LogP contribution in [0.2, 0.25) is 0 Å². The third-order valence-corrected chi connectivity index (χ3v) is 3.48. The molecule has 2 heterocycles. The van der Waals surface area contributed by atoms with Gasteiger partial charge >= 0.3 is 6.18 Å². The monoisotopic (exact) mass is 294 g/mol. The SMILES string of the molecule is Cc1ccc(C=C(C#N)c2ccc(C(F)(F)F)cn2)s1.